The number of hydrogen-bond donors (Lipinski definition) is 2. The number of hydrogen-bond acceptors (Lipinski definition) is 9. The molecule has 246 valence electrons. The average Bonchev–Trinajstić information content (AvgIpc) is 3.74. The van der Waals surface area contributed by atoms with Gasteiger partial charge in [0.1, 0.15) is 23.4 Å². The summed E-state index contributed by atoms with van der Waals surface area (Å²) in [5, 5.41) is 20.8. The molecule has 4 aromatic rings. The fourth-order valence-corrected chi connectivity index (χ4v) is 6.47. The van der Waals surface area contributed by atoms with Crippen molar-refractivity contribution in [3.05, 3.63) is 52.8 Å². The Kier molecular flexibility index (Phi) is 7.79. The molecule has 2 aliphatic rings. The summed E-state index contributed by atoms with van der Waals surface area (Å²) in [6, 6.07) is -1.21. The molecular formula is C28H31F5N10O3. The molecule has 5 heterocycles. The summed E-state index contributed by atoms with van der Waals surface area (Å²) in [6.45, 7) is 3.19. The van der Waals surface area contributed by atoms with E-state index in [4.69, 9.17) is 0 Å². The van der Waals surface area contributed by atoms with Crippen molar-refractivity contribution in [2.75, 3.05) is 0 Å². The van der Waals surface area contributed by atoms with E-state index in [1.165, 1.54) is 22.3 Å². The lowest BCUT2D eigenvalue weighted by atomic mass is 9.76. The van der Waals surface area contributed by atoms with Gasteiger partial charge in [0.15, 0.2) is 11.3 Å². The topological polar surface area (TPSA) is 158 Å². The van der Waals surface area contributed by atoms with Gasteiger partial charge < -0.3 is 10.6 Å². The van der Waals surface area contributed by atoms with Crippen LogP contribution in [-0.2, 0) is 24.7 Å². The third kappa shape index (κ3) is 6.16. The first-order valence-electron chi connectivity index (χ1n) is 14.7. The van der Waals surface area contributed by atoms with E-state index in [-0.39, 0.29) is 55.8 Å². The molecule has 0 radical (unpaired) electrons. The summed E-state index contributed by atoms with van der Waals surface area (Å²) < 4.78 is 76.8. The maximum atomic E-state index is 14.0. The Balaban J connectivity index is 1.32. The smallest absolute Gasteiger partial charge is 0.344 e. The minimum absolute atomic E-state index is 0.0503. The highest BCUT2D eigenvalue weighted by atomic mass is 19.4. The second-order valence-corrected chi connectivity index (χ2v) is 12.3. The normalized spacial score (nSPS) is 22.7. The number of aromatic nitrogens is 8. The molecule has 2 amide bonds. The van der Waals surface area contributed by atoms with Gasteiger partial charge in [-0.25, -0.2) is 27.9 Å². The molecule has 1 aliphatic heterocycles. The van der Waals surface area contributed by atoms with Gasteiger partial charge in [-0.3, -0.25) is 14.3 Å². The van der Waals surface area contributed by atoms with Crippen LogP contribution >= 0.6 is 0 Å². The molecule has 1 saturated carbocycles. The highest BCUT2D eigenvalue weighted by molar-refractivity contribution is 5.93. The van der Waals surface area contributed by atoms with Gasteiger partial charge >= 0.3 is 6.18 Å². The third-order valence-electron chi connectivity index (χ3n) is 8.88. The standard InChI is InChI=1S/C28H31F5N10O3/c1-14-22(41-46-40-14)24(44)38-23(17-4-6-27(29,30)7-5-17)18-13-43-20(36-18)8-16(12-34-43)9-26(11-21-35-15(2)39-42(21)3)10-19(28(31,32)33)37-25(26)45/h8,12-13,17,19,23H,4-7,9-11H2,1-3H3,(H,37,45)(H,38,44)/t19-,23-,26-/m0/s1. The molecule has 1 aliphatic carbocycles. The van der Waals surface area contributed by atoms with Crippen LogP contribution in [0.15, 0.2) is 23.1 Å². The van der Waals surface area contributed by atoms with E-state index in [9.17, 15) is 31.5 Å². The number of nitrogens with zero attached hydrogens (tertiary/aromatic N) is 8. The first-order chi connectivity index (χ1) is 21.6. The Hall–Kier alpha value is -4.51. The number of rotatable bonds is 8. The van der Waals surface area contributed by atoms with Gasteiger partial charge in [-0.15, -0.1) is 0 Å². The molecule has 18 heteroatoms. The fraction of sp³-hybridized carbons (Fsp3) is 0.571. The number of halogens is 5. The molecule has 0 bridgehead atoms. The Morgan fingerprint density at radius 2 is 1.91 bits per heavy atom. The van der Waals surface area contributed by atoms with Gasteiger partial charge in [0.2, 0.25) is 11.8 Å². The number of aryl methyl sites for hydroxylation is 3. The zero-order valence-electron chi connectivity index (χ0n) is 25.1. The molecule has 4 aromatic heterocycles. The molecule has 0 spiro atoms. The van der Waals surface area contributed by atoms with Crippen LogP contribution < -0.4 is 10.6 Å². The number of imidazole rings is 1. The number of alkyl halides is 5. The summed E-state index contributed by atoms with van der Waals surface area (Å²) in [5.41, 5.74) is -0.211. The number of carbonyl (C=O) groups excluding carboxylic acids is 2. The van der Waals surface area contributed by atoms with E-state index in [2.05, 4.69) is 45.7 Å². The van der Waals surface area contributed by atoms with Crippen molar-refractivity contribution in [3.63, 3.8) is 0 Å². The molecule has 46 heavy (non-hydrogen) atoms. The van der Waals surface area contributed by atoms with Crippen molar-refractivity contribution < 1.29 is 36.2 Å². The number of nitrogens with one attached hydrogen (secondary N) is 2. The molecule has 6 rings (SSSR count). The first-order valence-corrected chi connectivity index (χ1v) is 14.7. The van der Waals surface area contributed by atoms with Crippen molar-refractivity contribution >= 4 is 17.5 Å². The van der Waals surface area contributed by atoms with Crippen LogP contribution in [0.2, 0.25) is 0 Å². The number of fused-ring (bicyclic) bond motifs is 1. The Bertz CT molecular complexity index is 1770. The quantitative estimate of drug-likeness (QED) is 0.273. The van der Waals surface area contributed by atoms with E-state index in [0.29, 0.717) is 28.6 Å². The minimum Gasteiger partial charge on any atom is -0.344 e. The van der Waals surface area contributed by atoms with E-state index in [1.54, 1.807) is 26.2 Å². The molecule has 0 aromatic carbocycles. The monoisotopic (exact) mass is 650 g/mol. The zero-order chi connectivity index (χ0) is 33.0. The second-order valence-electron chi connectivity index (χ2n) is 12.3. The van der Waals surface area contributed by atoms with Gasteiger partial charge in [0, 0.05) is 26.3 Å². The molecule has 3 atom stereocenters. The molecule has 2 N–H and O–H groups in total. The van der Waals surface area contributed by atoms with Gasteiger partial charge in [-0.2, -0.15) is 23.4 Å². The van der Waals surface area contributed by atoms with Gasteiger partial charge in [-0.05, 0) is 62.2 Å². The minimum atomic E-state index is -4.64. The largest absolute Gasteiger partial charge is 0.408 e. The molecule has 13 nitrogen and oxygen atoms in total. The maximum Gasteiger partial charge on any atom is 0.408 e. The highest BCUT2D eigenvalue weighted by Gasteiger charge is 2.56. The predicted octanol–water partition coefficient (Wildman–Crippen LogP) is 3.38. The summed E-state index contributed by atoms with van der Waals surface area (Å²) in [4.78, 5) is 35.3. The van der Waals surface area contributed by atoms with Gasteiger partial charge in [0.05, 0.1) is 29.5 Å². The van der Waals surface area contributed by atoms with Crippen LogP contribution in [0.5, 0.6) is 0 Å². The predicted molar refractivity (Wildman–Crippen MR) is 147 cm³/mol. The van der Waals surface area contributed by atoms with Crippen LogP contribution in [0.1, 0.15) is 77.2 Å². The van der Waals surface area contributed by atoms with Gasteiger partial charge in [-0.1, -0.05) is 5.16 Å². The first kappa shape index (κ1) is 31.5. The highest BCUT2D eigenvalue weighted by Crippen LogP contribution is 2.43. The van der Waals surface area contributed by atoms with Crippen LogP contribution in [0.25, 0.3) is 5.65 Å². The lowest BCUT2D eigenvalue weighted by Gasteiger charge is -2.33. The van der Waals surface area contributed by atoms with Gasteiger partial charge in [0.25, 0.3) is 5.91 Å². The number of amides is 2. The molecule has 2 fully saturated rings. The van der Waals surface area contributed by atoms with E-state index < -0.39 is 47.8 Å². The molecule has 0 unspecified atom stereocenters. The summed E-state index contributed by atoms with van der Waals surface area (Å²) in [7, 11) is 1.61. The van der Waals surface area contributed by atoms with Crippen molar-refractivity contribution in [1.29, 1.82) is 0 Å². The molecule has 1 saturated heterocycles. The van der Waals surface area contributed by atoms with Crippen molar-refractivity contribution in [2.24, 2.45) is 18.4 Å². The number of carbonyl (C=O) groups is 2. The Labute approximate surface area is 258 Å². The Morgan fingerprint density at radius 3 is 2.52 bits per heavy atom. The van der Waals surface area contributed by atoms with Crippen LogP contribution in [0, 0.1) is 25.2 Å². The lowest BCUT2D eigenvalue weighted by Crippen LogP contribution is -2.39. The van der Waals surface area contributed by atoms with E-state index in [1.807, 2.05) is 0 Å². The van der Waals surface area contributed by atoms with Crippen LogP contribution in [0.3, 0.4) is 0 Å². The van der Waals surface area contributed by atoms with Crippen molar-refractivity contribution in [1.82, 2.24) is 50.3 Å². The summed E-state index contributed by atoms with van der Waals surface area (Å²) in [6.07, 6.45) is -2.79. The van der Waals surface area contributed by atoms with E-state index >= 15 is 0 Å². The zero-order valence-corrected chi connectivity index (χ0v) is 25.1. The maximum absolute atomic E-state index is 14.0. The lowest BCUT2D eigenvalue weighted by molar-refractivity contribution is -0.155. The average molecular weight is 651 g/mol. The SMILES string of the molecule is Cc1nc(C[C@]2(Cc3cnn4cc([C@@H](NC(=O)c5nonc5C)C5CCC(F)(F)CC5)nc4c3)C[C@@H](C(F)(F)F)NC2=O)n(C)n1. The van der Waals surface area contributed by atoms with Crippen molar-refractivity contribution in [2.45, 2.75) is 83.0 Å². The Morgan fingerprint density at radius 1 is 1.17 bits per heavy atom. The van der Waals surface area contributed by atoms with Crippen molar-refractivity contribution in [3.8, 4) is 0 Å². The fourth-order valence-electron chi connectivity index (χ4n) is 6.47. The third-order valence-corrected chi connectivity index (χ3v) is 8.88. The summed E-state index contributed by atoms with van der Waals surface area (Å²) >= 11 is 0. The summed E-state index contributed by atoms with van der Waals surface area (Å²) in [5.74, 6) is -3.77. The molecular weight excluding hydrogens is 619 g/mol. The van der Waals surface area contributed by atoms with E-state index in [0.717, 1.165) is 0 Å². The van der Waals surface area contributed by atoms with Crippen LogP contribution in [-0.4, -0.2) is 69.6 Å². The van der Waals surface area contributed by atoms with Crippen LogP contribution in [0.4, 0.5) is 22.0 Å². The second kappa shape index (κ2) is 11.4.